The van der Waals surface area contributed by atoms with Crippen molar-refractivity contribution in [1.82, 2.24) is 4.72 Å². The van der Waals surface area contributed by atoms with Gasteiger partial charge in [-0.15, -0.1) is 0 Å². The van der Waals surface area contributed by atoms with Crippen molar-refractivity contribution in [2.24, 2.45) is 0 Å². The third-order valence-electron chi connectivity index (χ3n) is 2.36. The Hall–Kier alpha value is -1.22. The maximum Gasteiger partial charge on any atom is 0.289 e. The molecule has 2 N–H and O–H groups in total. The molecule has 7 nitrogen and oxygen atoms in total. The van der Waals surface area contributed by atoms with E-state index >= 15 is 0 Å². The highest BCUT2D eigenvalue weighted by atomic mass is 35.5. The van der Waals surface area contributed by atoms with Gasteiger partial charge in [-0.1, -0.05) is 11.6 Å². The van der Waals surface area contributed by atoms with E-state index in [0.29, 0.717) is 5.56 Å². The molecule has 0 saturated carbocycles. The smallest absolute Gasteiger partial charge is 0.289 e. The molecule has 1 rings (SSSR count). The first-order valence-corrected chi connectivity index (χ1v) is 7.20. The topological polar surface area (TPSA) is 110 Å². The average Bonchev–Trinajstić information content (AvgIpc) is 2.28. The highest BCUT2D eigenvalue weighted by Crippen LogP contribution is 2.29. The maximum absolute atomic E-state index is 12.0. The SMILES string of the molecule is Cc1cc(Cl)c([N+](=O)[O-])cc1S(=O)(=O)NCCCO. The number of halogens is 1. The van der Waals surface area contributed by atoms with E-state index in [1.165, 1.54) is 13.0 Å². The molecule has 0 atom stereocenters. The first-order chi connectivity index (χ1) is 8.79. The van der Waals surface area contributed by atoms with Crippen LogP contribution in [0, 0.1) is 17.0 Å². The minimum absolute atomic E-state index is 0.0503. The van der Waals surface area contributed by atoms with Crippen LogP contribution in [-0.2, 0) is 10.0 Å². The van der Waals surface area contributed by atoms with E-state index in [-0.39, 0.29) is 29.5 Å². The lowest BCUT2D eigenvalue weighted by molar-refractivity contribution is -0.384. The van der Waals surface area contributed by atoms with Crippen molar-refractivity contribution < 1.29 is 18.4 Å². The van der Waals surface area contributed by atoms with Gasteiger partial charge >= 0.3 is 0 Å². The Morgan fingerprint density at radius 3 is 2.63 bits per heavy atom. The van der Waals surface area contributed by atoms with Gasteiger partial charge < -0.3 is 5.11 Å². The fraction of sp³-hybridized carbons (Fsp3) is 0.400. The Morgan fingerprint density at radius 1 is 1.47 bits per heavy atom. The molecule has 19 heavy (non-hydrogen) atoms. The van der Waals surface area contributed by atoms with E-state index in [2.05, 4.69) is 4.72 Å². The summed E-state index contributed by atoms with van der Waals surface area (Å²) in [6.07, 6.45) is 0.258. The van der Waals surface area contributed by atoms with Crippen molar-refractivity contribution in [2.45, 2.75) is 18.2 Å². The van der Waals surface area contributed by atoms with Crippen molar-refractivity contribution in [1.29, 1.82) is 0 Å². The lowest BCUT2D eigenvalue weighted by Crippen LogP contribution is -2.26. The number of nitrogens with zero attached hydrogens (tertiary/aromatic N) is 1. The minimum atomic E-state index is -3.86. The Labute approximate surface area is 115 Å². The van der Waals surface area contributed by atoms with Gasteiger partial charge in [0.15, 0.2) is 0 Å². The molecule has 0 unspecified atom stereocenters. The Kier molecular flexibility index (Phi) is 5.24. The number of aliphatic hydroxyl groups is 1. The molecular formula is C10H13ClN2O5S. The summed E-state index contributed by atoms with van der Waals surface area (Å²) in [6.45, 7) is 1.40. The fourth-order valence-corrected chi connectivity index (χ4v) is 3.04. The third kappa shape index (κ3) is 3.87. The molecule has 0 aliphatic heterocycles. The van der Waals surface area contributed by atoms with Gasteiger partial charge in [0.1, 0.15) is 5.02 Å². The van der Waals surface area contributed by atoms with Crippen LogP contribution in [0.3, 0.4) is 0 Å². The Morgan fingerprint density at radius 2 is 2.11 bits per heavy atom. The molecule has 0 aromatic heterocycles. The van der Waals surface area contributed by atoms with Gasteiger partial charge in [0.2, 0.25) is 10.0 Å². The zero-order valence-corrected chi connectivity index (χ0v) is 11.7. The molecule has 0 radical (unpaired) electrons. The number of aliphatic hydroxyl groups excluding tert-OH is 1. The lowest BCUT2D eigenvalue weighted by Gasteiger charge is -2.09. The number of sulfonamides is 1. The summed E-state index contributed by atoms with van der Waals surface area (Å²) in [5, 5.41) is 19.2. The van der Waals surface area contributed by atoms with Gasteiger partial charge in [-0.25, -0.2) is 13.1 Å². The second kappa shape index (κ2) is 6.29. The molecule has 106 valence electrons. The van der Waals surface area contributed by atoms with Crippen LogP contribution in [0.1, 0.15) is 12.0 Å². The van der Waals surface area contributed by atoms with Crippen LogP contribution in [0.5, 0.6) is 0 Å². The van der Waals surface area contributed by atoms with Gasteiger partial charge in [0, 0.05) is 19.2 Å². The molecule has 1 aromatic rings. The third-order valence-corrected chi connectivity index (χ3v) is 4.26. The van der Waals surface area contributed by atoms with Crippen LogP contribution in [0.15, 0.2) is 17.0 Å². The summed E-state index contributed by atoms with van der Waals surface area (Å²) < 4.78 is 26.2. The van der Waals surface area contributed by atoms with E-state index in [1.54, 1.807) is 0 Å². The number of nitrogens with one attached hydrogen (secondary N) is 1. The molecule has 0 aliphatic carbocycles. The first-order valence-electron chi connectivity index (χ1n) is 5.34. The predicted molar refractivity (Wildman–Crippen MR) is 69.7 cm³/mol. The van der Waals surface area contributed by atoms with E-state index in [1.807, 2.05) is 0 Å². The number of hydrogen-bond donors (Lipinski definition) is 2. The molecule has 1 aromatic carbocycles. The van der Waals surface area contributed by atoms with E-state index in [4.69, 9.17) is 16.7 Å². The number of aryl methyl sites for hydroxylation is 1. The van der Waals surface area contributed by atoms with Crippen molar-refractivity contribution in [3.05, 3.63) is 32.8 Å². The number of benzene rings is 1. The van der Waals surface area contributed by atoms with Crippen LogP contribution < -0.4 is 4.72 Å². The van der Waals surface area contributed by atoms with Gasteiger partial charge in [-0.2, -0.15) is 0 Å². The van der Waals surface area contributed by atoms with E-state index in [0.717, 1.165) is 6.07 Å². The lowest BCUT2D eigenvalue weighted by atomic mass is 10.2. The molecular weight excluding hydrogens is 296 g/mol. The highest BCUT2D eigenvalue weighted by Gasteiger charge is 2.23. The molecule has 0 saturated heterocycles. The molecule has 0 spiro atoms. The summed E-state index contributed by atoms with van der Waals surface area (Å²) in [4.78, 5) is 9.81. The van der Waals surface area contributed by atoms with Gasteiger partial charge in [-0.05, 0) is 25.0 Å². The quantitative estimate of drug-likeness (QED) is 0.466. The standard InChI is InChI=1S/C10H13ClN2O5S/c1-7-5-8(11)9(13(15)16)6-10(7)19(17,18)12-3-2-4-14/h5-6,12,14H,2-4H2,1H3. The molecule has 0 amide bonds. The van der Waals surface area contributed by atoms with Crippen molar-refractivity contribution in [3.63, 3.8) is 0 Å². The zero-order chi connectivity index (χ0) is 14.6. The summed E-state index contributed by atoms with van der Waals surface area (Å²) in [7, 11) is -3.86. The average molecular weight is 309 g/mol. The summed E-state index contributed by atoms with van der Waals surface area (Å²) in [5.74, 6) is 0. The number of nitro benzene ring substituents is 1. The van der Waals surface area contributed by atoms with Gasteiger partial charge in [0.25, 0.3) is 5.69 Å². The zero-order valence-electron chi connectivity index (χ0n) is 10.1. The maximum atomic E-state index is 12.0. The molecule has 0 bridgehead atoms. The largest absolute Gasteiger partial charge is 0.396 e. The molecule has 9 heteroatoms. The van der Waals surface area contributed by atoms with Crippen LogP contribution >= 0.6 is 11.6 Å². The number of rotatable bonds is 6. The summed E-state index contributed by atoms with van der Waals surface area (Å²) in [6, 6.07) is 2.17. The second-order valence-electron chi connectivity index (χ2n) is 3.80. The van der Waals surface area contributed by atoms with E-state index in [9.17, 15) is 18.5 Å². The molecule has 0 aliphatic rings. The van der Waals surface area contributed by atoms with Gasteiger partial charge in [0.05, 0.1) is 9.82 Å². The second-order valence-corrected chi connectivity index (χ2v) is 5.94. The normalized spacial score (nSPS) is 11.5. The molecule has 0 heterocycles. The fourth-order valence-electron chi connectivity index (χ4n) is 1.43. The van der Waals surface area contributed by atoms with E-state index < -0.39 is 20.6 Å². The van der Waals surface area contributed by atoms with Crippen LogP contribution in [0.25, 0.3) is 0 Å². The summed E-state index contributed by atoms with van der Waals surface area (Å²) in [5.41, 5.74) is -0.151. The van der Waals surface area contributed by atoms with Crippen LogP contribution in [0.2, 0.25) is 5.02 Å². The van der Waals surface area contributed by atoms with Crippen molar-refractivity contribution in [3.8, 4) is 0 Å². The first kappa shape index (κ1) is 15.8. The van der Waals surface area contributed by atoms with Crippen molar-refractivity contribution in [2.75, 3.05) is 13.2 Å². The Bertz CT molecular complexity index is 588. The Balaban J connectivity index is 3.19. The van der Waals surface area contributed by atoms with Crippen LogP contribution in [-0.4, -0.2) is 31.6 Å². The number of nitro groups is 1. The summed E-state index contributed by atoms with van der Waals surface area (Å²) >= 11 is 5.68. The monoisotopic (exact) mass is 308 g/mol. The predicted octanol–water partition coefficient (Wildman–Crippen LogP) is 1.22. The highest BCUT2D eigenvalue weighted by molar-refractivity contribution is 7.89. The minimum Gasteiger partial charge on any atom is -0.396 e. The molecule has 0 fully saturated rings. The number of hydrogen-bond acceptors (Lipinski definition) is 5. The van der Waals surface area contributed by atoms with Crippen LogP contribution in [0.4, 0.5) is 5.69 Å². The van der Waals surface area contributed by atoms with Crippen molar-refractivity contribution >= 4 is 27.3 Å². The van der Waals surface area contributed by atoms with Gasteiger partial charge in [-0.3, -0.25) is 10.1 Å².